The first kappa shape index (κ1) is 17.6. The minimum Gasteiger partial charge on any atom is -0.299 e. The zero-order valence-corrected chi connectivity index (χ0v) is 16.4. The van der Waals surface area contributed by atoms with Crippen LogP contribution in [0.25, 0.3) is 0 Å². The fraction of sp³-hybridized carbons (Fsp3) is 0.280. The minimum atomic E-state index is -1.09. The molecular weight excluding hydrogens is 348 g/mol. The molecule has 2 aliphatic rings. The summed E-state index contributed by atoms with van der Waals surface area (Å²) in [6.45, 7) is 6.67. The molecule has 3 aromatic carbocycles. The van der Waals surface area contributed by atoms with Gasteiger partial charge in [0.2, 0.25) is 5.79 Å². The number of ether oxygens (including phenoxy) is 1. The first-order valence-electron chi connectivity index (χ1n) is 9.75. The van der Waals surface area contributed by atoms with Crippen LogP contribution in [0.4, 0.5) is 0 Å². The van der Waals surface area contributed by atoms with E-state index in [0.717, 1.165) is 16.7 Å². The Morgan fingerprint density at radius 1 is 0.679 bits per heavy atom. The molecule has 3 aromatic rings. The predicted octanol–water partition coefficient (Wildman–Crippen LogP) is 5.86. The lowest BCUT2D eigenvalue weighted by atomic mass is 9.66. The highest BCUT2D eigenvalue weighted by atomic mass is 17.3. The molecule has 28 heavy (non-hydrogen) atoms. The molecule has 1 saturated heterocycles. The van der Waals surface area contributed by atoms with E-state index in [9.17, 15) is 0 Å². The molecule has 0 radical (unpaired) electrons. The molecule has 2 heterocycles. The molecule has 0 aromatic heterocycles. The van der Waals surface area contributed by atoms with Gasteiger partial charge in [0.25, 0.3) is 5.79 Å². The molecular formula is C25H24O3. The average Bonchev–Trinajstić information content (AvgIpc) is 3.06. The van der Waals surface area contributed by atoms with Crippen molar-refractivity contribution in [1.29, 1.82) is 0 Å². The van der Waals surface area contributed by atoms with E-state index in [2.05, 4.69) is 51.1 Å². The van der Waals surface area contributed by atoms with E-state index in [-0.39, 0.29) is 11.3 Å². The SMILES string of the molecule is CC(C)(C)C1c2ccccc2C2(c3ccccc3)OOC1(c1ccccc1)O2. The lowest BCUT2D eigenvalue weighted by Crippen LogP contribution is -2.48. The maximum atomic E-state index is 6.87. The number of hydrogen-bond acceptors (Lipinski definition) is 3. The van der Waals surface area contributed by atoms with Gasteiger partial charge in [0.15, 0.2) is 0 Å². The summed E-state index contributed by atoms with van der Waals surface area (Å²) in [5, 5.41) is 0. The highest BCUT2D eigenvalue weighted by molar-refractivity contribution is 5.47. The van der Waals surface area contributed by atoms with E-state index in [1.807, 2.05) is 54.6 Å². The zero-order valence-electron chi connectivity index (χ0n) is 16.4. The van der Waals surface area contributed by atoms with Gasteiger partial charge in [-0.05, 0) is 11.0 Å². The van der Waals surface area contributed by atoms with Crippen molar-refractivity contribution in [3.8, 4) is 0 Å². The first-order chi connectivity index (χ1) is 13.5. The average molecular weight is 372 g/mol. The van der Waals surface area contributed by atoms with Crippen molar-refractivity contribution in [2.24, 2.45) is 5.41 Å². The molecule has 3 nitrogen and oxygen atoms in total. The van der Waals surface area contributed by atoms with Crippen molar-refractivity contribution in [3.63, 3.8) is 0 Å². The summed E-state index contributed by atoms with van der Waals surface area (Å²) in [7, 11) is 0. The Morgan fingerprint density at radius 2 is 1.25 bits per heavy atom. The highest BCUT2D eigenvalue weighted by Gasteiger charge is 2.66. The molecule has 2 aliphatic heterocycles. The zero-order chi connectivity index (χ0) is 19.4. The molecule has 3 unspecified atom stereocenters. The summed E-state index contributed by atoms with van der Waals surface area (Å²) in [6.07, 6.45) is 0. The van der Waals surface area contributed by atoms with Crippen LogP contribution in [-0.2, 0) is 26.1 Å². The van der Waals surface area contributed by atoms with Crippen LogP contribution in [0, 0.1) is 5.41 Å². The molecule has 0 N–H and O–H groups in total. The van der Waals surface area contributed by atoms with Crippen LogP contribution >= 0.6 is 0 Å². The van der Waals surface area contributed by atoms with Gasteiger partial charge < -0.3 is 0 Å². The summed E-state index contributed by atoms with van der Waals surface area (Å²) in [4.78, 5) is 12.3. The fourth-order valence-corrected chi connectivity index (χ4v) is 4.73. The number of fused-ring (bicyclic) bond motifs is 4. The van der Waals surface area contributed by atoms with Crippen LogP contribution in [-0.4, -0.2) is 0 Å². The largest absolute Gasteiger partial charge is 0.299 e. The lowest BCUT2D eigenvalue weighted by Gasteiger charge is -2.47. The Bertz CT molecular complexity index is 993. The molecule has 5 rings (SSSR count). The van der Waals surface area contributed by atoms with Gasteiger partial charge in [-0.15, -0.1) is 0 Å². The molecule has 3 atom stereocenters. The first-order valence-corrected chi connectivity index (χ1v) is 9.75. The Kier molecular flexibility index (Phi) is 3.79. The molecule has 3 heteroatoms. The molecule has 0 amide bonds. The third-order valence-electron chi connectivity index (χ3n) is 5.78. The third-order valence-corrected chi connectivity index (χ3v) is 5.78. The van der Waals surface area contributed by atoms with Crippen molar-refractivity contribution < 1.29 is 14.5 Å². The Labute approximate surface area is 165 Å². The van der Waals surface area contributed by atoms with Crippen LogP contribution < -0.4 is 0 Å². The van der Waals surface area contributed by atoms with Crippen LogP contribution in [0.1, 0.15) is 48.9 Å². The number of benzene rings is 3. The standard InChI is InChI=1S/C25H24O3/c1-23(2,3)22-20-16-10-11-17-21(20)24(18-12-6-4-7-13-18)26-25(22,28-27-24)19-14-8-5-9-15-19/h4-17,22H,1-3H3. The van der Waals surface area contributed by atoms with Gasteiger partial charge in [0.1, 0.15) is 0 Å². The van der Waals surface area contributed by atoms with E-state index in [4.69, 9.17) is 14.5 Å². The van der Waals surface area contributed by atoms with Crippen molar-refractivity contribution in [2.75, 3.05) is 0 Å². The monoisotopic (exact) mass is 372 g/mol. The van der Waals surface area contributed by atoms with Gasteiger partial charge in [-0.25, -0.2) is 0 Å². The highest BCUT2D eigenvalue weighted by Crippen LogP contribution is 2.64. The Balaban J connectivity index is 1.83. The van der Waals surface area contributed by atoms with Gasteiger partial charge in [0, 0.05) is 16.7 Å². The van der Waals surface area contributed by atoms with Gasteiger partial charge in [-0.3, -0.25) is 4.74 Å². The molecule has 1 fully saturated rings. The van der Waals surface area contributed by atoms with Gasteiger partial charge in [-0.1, -0.05) is 106 Å². The number of hydrogen-bond donors (Lipinski definition) is 0. The Hall–Kier alpha value is -2.46. The van der Waals surface area contributed by atoms with E-state index in [0.29, 0.717) is 0 Å². The third kappa shape index (κ3) is 2.34. The van der Waals surface area contributed by atoms with Crippen LogP contribution in [0.15, 0.2) is 84.9 Å². The maximum absolute atomic E-state index is 6.87. The quantitative estimate of drug-likeness (QED) is 0.527. The molecule has 2 bridgehead atoms. The molecule has 142 valence electrons. The van der Waals surface area contributed by atoms with Crippen molar-refractivity contribution >= 4 is 0 Å². The topological polar surface area (TPSA) is 27.7 Å². The van der Waals surface area contributed by atoms with E-state index in [1.54, 1.807) is 0 Å². The van der Waals surface area contributed by atoms with Crippen LogP contribution in [0.5, 0.6) is 0 Å². The van der Waals surface area contributed by atoms with E-state index < -0.39 is 11.6 Å². The van der Waals surface area contributed by atoms with Crippen molar-refractivity contribution in [1.82, 2.24) is 0 Å². The molecule has 0 aliphatic carbocycles. The van der Waals surface area contributed by atoms with E-state index in [1.165, 1.54) is 5.56 Å². The smallest absolute Gasteiger partial charge is 0.257 e. The predicted molar refractivity (Wildman–Crippen MR) is 107 cm³/mol. The summed E-state index contributed by atoms with van der Waals surface area (Å²) in [5.41, 5.74) is 3.97. The maximum Gasteiger partial charge on any atom is 0.257 e. The summed E-state index contributed by atoms with van der Waals surface area (Å²) >= 11 is 0. The van der Waals surface area contributed by atoms with Gasteiger partial charge in [0.05, 0.1) is 5.92 Å². The number of rotatable bonds is 2. The van der Waals surface area contributed by atoms with E-state index >= 15 is 0 Å². The van der Waals surface area contributed by atoms with Gasteiger partial charge >= 0.3 is 0 Å². The summed E-state index contributed by atoms with van der Waals surface area (Å²) < 4.78 is 6.87. The Morgan fingerprint density at radius 3 is 1.89 bits per heavy atom. The minimum absolute atomic E-state index is 0.0436. The normalized spacial score (nSPS) is 28.8. The summed E-state index contributed by atoms with van der Waals surface area (Å²) in [6, 6.07) is 28.6. The van der Waals surface area contributed by atoms with Crippen molar-refractivity contribution in [3.05, 3.63) is 107 Å². The second-order valence-corrected chi connectivity index (χ2v) is 8.67. The van der Waals surface area contributed by atoms with Crippen LogP contribution in [0.3, 0.4) is 0 Å². The summed E-state index contributed by atoms with van der Waals surface area (Å²) in [5.74, 6) is -2.16. The molecule has 0 saturated carbocycles. The van der Waals surface area contributed by atoms with Gasteiger partial charge in [-0.2, -0.15) is 9.78 Å². The van der Waals surface area contributed by atoms with Crippen molar-refractivity contribution in [2.45, 2.75) is 38.3 Å². The second kappa shape index (κ2) is 6.02. The second-order valence-electron chi connectivity index (χ2n) is 8.67. The fourth-order valence-electron chi connectivity index (χ4n) is 4.73. The molecule has 0 spiro atoms. The lowest BCUT2D eigenvalue weighted by molar-refractivity contribution is -0.355. The van der Waals surface area contributed by atoms with Crippen LogP contribution in [0.2, 0.25) is 0 Å².